The number of amides is 1. The maximum Gasteiger partial charge on any atom is 0.273 e. The molecule has 0 aliphatic carbocycles. The number of nitro groups is 1. The van der Waals surface area contributed by atoms with Gasteiger partial charge in [0.1, 0.15) is 5.75 Å². The quantitative estimate of drug-likeness (QED) is 0.502. The van der Waals surface area contributed by atoms with Crippen LogP contribution in [0.25, 0.3) is 0 Å². The van der Waals surface area contributed by atoms with Crippen LogP contribution in [0.5, 0.6) is 5.75 Å². The van der Waals surface area contributed by atoms with Gasteiger partial charge in [0.25, 0.3) is 5.69 Å². The normalized spacial score (nSPS) is 12.8. The van der Waals surface area contributed by atoms with E-state index in [1.54, 1.807) is 0 Å². The van der Waals surface area contributed by atoms with Gasteiger partial charge in [0.15, 0.2) is 0 Å². The van der Waals surface area contributed by atoms with Gasteiger partial charge in [-0.1, -0.05) is 27.7 Å². The Hall–Kier alpha value is -2.11. The molecule has 0 radical (unpaired) electrons. The molecule has 1 unspecified atom stereocenters. The summed E-state index contributed by atoms with van der Waals surface area (Å²) in [6.45, 7) is 8.13. The lowest BCUT2D eigenvalue weighted by molar-refractivity contribution is -0.384. The summed E-state index contributed by atoms with van der Waals surface area (Å²) < 4.78 is 0. The number of phenols is 1. The molecule has 110 valence electrons. The number of aromatic hydroxyl groups is 1. The molecule has 1 rings (SSSR count). The minimum absolute atomic E-state index is 0.00879. The number of hydrogen-bond acceptors (Lipinski definition) is 4. The second-order valence-corrected chi connectivity index (χ2v) is 5.98. The maximum absolute atomic E-state index is 11.9. The average Bonchev–Trinajstić information content (AvgIpc) is 2.30. The van der Waals surface area contributed by atoms with Crippen molar-refractivity contribution in [1.29, 1.82) is 0 Å². The Morgan fingerprint density at radius 2 is 2.05 bits per heavy atom. The first-order chi connectivity index (χ1) is 9.11. The van der Waals surface area contributed by atoms with Crippen molar-refractivity contribution in [2.45, 2.75) is 34.1 Å². The first-order valence-electron chi connectivity index (χ1n) is 6.38. The van der Waals surface area contributed by atoms with Crippen molar-refractivity contribution in [1.82, 2.24) is 0 Å². The second-order valence-electron chi connectivity index (χ2n) is 5.98. The topological polar surface area (TPSA) is 92.5 Å². The molecule has 0 aliphatic heterocycles. The molecule has 0 heterocycles. The summed E-state index contributed by atoms with van der Waals surface area (Å²) in [5, 5.41) is 22.8. The van der Waals surface area contributed by atoms with E-state index in [0.29, 0.717) is 6.42 Å². The minimum atomic E-state index is -0.604. The van der Waals surface area contributed by atoms with Crippen molar-refractivity contribution < 1.29 is 14.8 Å². The lowest BCUT2D eigenvalue weighted by Gasteiger charge is -2.26. The number of anilines is 1. The molecular formula is C14H20N2O4. The van der Waals surface area contributed by atoms with E-state index in [0.717, 1.165) is 6.07 Å². The molecule has 0 aliphatic rings. The number of nitrogens with zero attached hydrogens (tertiary/aromatic N) is 1. The van der Waals surface area contributed by atoms with Crippen LogP contribution in [0, 0.1) is 21.4 Å². The lowest BCUT2D eigenvalue weighted by atomic mass is 9.80. The van der Waals surface area contributed by atoms with E-state index >= 15 is 0 Å². The molecule has 2 N–H and O–H groups in total. The third kappa shape index (κ3) is 4.22. The van der Waals surface area contributed by atoms with E-state index in [2.05, 4.69) is 5.32 Å². The number of non-ortho nitro benzene ring substituents is 1. The van der Waals surface area contributed by atoms with Crippen molar-refractivity contribution in [3.63, 3.8) is 0 Å². The van der Waals surface area contributed by atoms with Gasteiger partial charge in [-0.2, -0.15) is 0 Å². The molecule has 0 bridgehead atoms. The van der Waals surface area contributed by atoms with Crippen molar-refractivity contribution in [2.75, 3.05) is 5.32 Å². The summed E-state index contributed by atoms with van der Waals surface area (Å²) in [6.07, 6.45) is 0.319. The van der Waals surface area contributed by atoms with E-state index in [9.17, 15) is 20.0 Å². The standard InChI is InChI=1S/C14H20N2O4/c1-9(14(2,3)4)7-13(18)15-11-6-5-10(16(19)20)8-12(11)17/h5-6,8-9,17H,7H2,1-4H3,(H,15,18). The SMILES string of the molecule is CC(CC(=O)Nc1ccc([N+](=O)[O-])cc1O)C(C)(C)C. The van der Waals surface area contributed by atoms with E-state index < -0.39 is 4.92 Å². The van der Waals surface area contributed by atoms with Crippen molar-refractivity contribution in [3.05, 3.63) is 28.3 Å². The minimum Gasteiger partial charge on any atom is -0.506 e. The molecular weight excluding hydrogens is 260 g/mol. The first kappa shape index (κ1) is 15.9. The van der Waals surface area contributed by atoms with Crippen LogP contribution in [-0.2, 0) is 4.79 Å². The zero-order valence-corrected chi connectivity index (χ0v) is 12.1. The van der Waals surface area contributed by atoms with Gasteiger partial charge >= 0.3 is 0 Å². The molecule has 6 nitrogen and oxygen atoms in total. The Bertz CT molecular complexity index is 520. The number of carbonyl (C=O) groups excluding carboxylic acids is 1. The monoisotopic (exact) mass is 280 g/mol. The van der Waals surface area contributed by atoms with Crippen LogP contribution in [0.3, 0.4) is 0 Å². The number of benzene rings is 1. The molecule has 1 amide bonds. The van der Waals surface area contributed by atoms with E-state index in [1.165, 1.54) is 12.1 Å². The largest absolute Gasteiger partial charge is 0.506 e. The summed E-state index contributed by atoms with van der Waals surface area (Å²) in [4.78, 5) is 21.8. The van der Waals surface area contributed by atoms with Crippen LogP contribution >= 0.6 is 0 Å². The Morgan fingerprint density at radius 3 is 2.50 bits per heavy atom. The Kier molecular flexibility index (Phi) is 4.70. The molecule has 1 atom stereocenters. The predicted molar refractivity (Wildman–Crippen MR) is 76.6 cm³/mol. The molecule has 0 spiro atoms. The first-order valence-corrected chi connectivity index (χ1v) is 6.38. The third-order valence-electron chi connectivity index (χ3n) is 3.44. The molecule has 20 heavy (non-hydrogen) atoms. The molecule has 0 saturated carbocycles. The molecule has 0 fully saturated rings. The Labute approximate surface area is 118 Å². The average molecular weight is 280 g/mol. The van der Waals surface area contributed by atoms with Gasteiger partial charge in [0, 0.05) is 12.5 Å². The van der Waals surface area contributed by atoms with E-state index in [1.807, 2.05) is 27.7 Å². The predicted octanol–water partition coefficient (Wildman–Crippen LogP) is 3.31. The molecule has 1 aromatic rings. The van der Waals surface area contributed by atoms with Gasteiger partial charge < -0.3 is 10.4 Å². The Morgan fingerprint density at radius 1 is 1.45 bits per heavy atom. The summed E-state index contributed by atoms with van der Waals surface area (Å²) in [7, 11) is 0. The fraction of sp³-hybridized carbons (Fsp3) is 0.500. The highest BCUT2D eigenvalue weighted by atomic mass is 16.6. The fourth-order valence-corrected chi connectivity index (χ4v) is 1.52. The van der Waals surface area contributed by atoms with Crippen molar-refractivity contribution in [2.24, 2.45) is 11.3 Å². The number of carbonyl (C=O) groups is 1. The summed E-state index contributed by atoms with van der Waals surface area (Å²) in [6, 6.07) is 3.58. The van der Waals surface area contributed by atoms with Crippen LogP contribution in [0.4, 0.5) is 11.4 Å². The van der Waals surface area contributed by atoms with E-state index in [-0.39, 0.29) is 34.4 Å². The number of nitrogens with one attached hydrogen (secondary N) is 1. The van der Waals surface area contributed by atoms with Crippen LogP contribution in [0.15, 0.2) is 18.2 Å². The molecule has 1 aromatic carbocycles. The highest BCUT2D eigenvalue weighted by Gasteiger charge is 2.23. The highest BCUT2D eigenvalue weighted by Crippen LogP contribution is 2.30. The van der Waals surface area contributed by atoms with Gasteiger partial charge in [-0.15, -0.1) is 0 Å². The van der Waals surface area contributed by atoms with Gasteiger partial charge in [-0.3, -0.25) is 14.9 Å². The maximum atomic E-state index is 11.9. The second kappa shape index (κ2) is 5.90. The van der Waals surface area contributed by atoms with Crippen molar-refractivity contribution >= 4 is 17.3 Å². The van der Waals surface area contributed by atoms with Crippen LogP contribution in [0.2, 0.25) is 0 Å². The van der Waals surface area contributed by atoms with Crippen molar-refractivity contribution in [3.8, 4) is 5.75 Å². The summed E-state index contributed by atoms with van der Waals surface area (Å²) in [5.41, 5.74) is -0.0280. The zero-order chi connectivity index (χ0) is 15.5. The lowest BCUT2D eigenvalue weighted by Crippen LogP contribution is -2.23. The summed E-state index contributed by atoms with van der Waals surface area (Å²) in [5.74, 6) is -0.366. The number of phenolic OH excluding ortho intramolecular Hbond substituents is 1. The van der Waals surface area contributed by atoms with E-state index in [4.69, 9.17) is 0 Å². The fourth-order valence-electron chi connectivity index (χ4n) is 1.52. The van der Waals surface area contributed by atoms with Gasteiger partial charge in [-0.25, -0.2) is 0 Å². The van der Waals surface area contributed by atoms with Crippen LogP contribution in [-0.4, -0.2) is 15.9 Å². The van der Waals surface area contributed by atoms with Gasteiger partial charge in [0.05, 0.1) is 16.7 Å². The highest BCUT2D eigenvalue weighted by molar-refractivity contribution is 5.92. The molecule has 0 aromatic heterocycles. The number of hydrogen-bond donors (Lipinski definition) is 2. The smallest absolute Gasteiger partial charge is 0.273 e. The van der Waals surface area contributed by atoms with Crippen LogP contribution < -0.4 is 5.32 Å². The van der Waals surface area contributed by atoms with Crippen LogP contribution in [0.1, 0.15) is 34.1 Å². The third-order valence-corrected chi connectivity index (χ3v) is 3.44. The van der Waals surface area contributed by atoms with Gasteiger partial charge in [-0.05, 0) is 17.4 Å². The zero-order valence-electron chi connectivity index (χ0n) is 12.1. The Balaban J connectivity index is 2.74. The number of nitro benzene ring substituents is 1. The molecule has 6 heteroatoms. The number of rotatable bonds is 4. The van der Waals surface area contributed by atoms with Gasteiger partial charge in [0.2, 0.25) is 5.91 Å². The summed E-state index contributed by atoms with van der Waals surface area (Å²) >= 11 is 0. The molecule has 0 saturated heterocycles.